The van der Waals surface area contributed by atoms with Crippen LogP contribution in [-0.4, -0.2) is 17.8 Å². The Morgan fingerprint density at radius 3 is 2.61 bits per heavy atom. The van der Waals surface area contributed by atoms with E-state index in [4.69, 9.17) is 32.7 Å². The number of aliphatic imine (C=N–C) groups is 1. The summed E-state index contributed by atoms with van der Waals surface area (Å²) in [7, 11) is 0. The van der Waals surface area contributed by atoms with Gasteiger partial charge in [0.05, 0.1) is 20.6 Å². The third kappa shape index (κ3) is 5.38. The number of hydrogen-bond donors (Lipinski definition) is 0. The molecule has 0 unspecified atom stereocenters. The SMILES string of the molecule is Cc1cccc(C(=O)Oc2c(Br)cc(Br)cc2/C=C2\N=C(c3ccc(Cl)cc3Cl)OC2=O)c1. The lowest BCUT2D eigenvalue weighted by atomic mass is 10.1. The fraction of sp³-hybridized carbons (Fsp3) is 0.0417. The van der Waals surface area contributed by atoms with E-state index >= 15 is 0 Å². The lowest BCUT2D eigenvalue weighted by Gasteiger charge is -2.11. The van der Waals surface area contributed by atoms with Crippen LogP contribution in [0.2, 0.25) is 10.0 Å². The Bertz CT molecular complexity index is 1370. The molecule has 0 saturated heterocycles. The Morgan fingerprint density at radius 2 is 1.88 bits per heavy atom. The van der Waals surface area contributed by atoms with Crippen LogP contribution in [0, 0.1) is 6.92 Å². The number of carbonyl (C=O) groups is 2. The summed E-state index contributed by atoms with van der Waals surface area (Å²) in [5.74, 6) is -0.908. The van der Waals surface area contributed by atoms with Crippen molar-refractivity contribution in [2.24, 2.45) is 4.99 Å². The largest absolute Gasteiger partial charge is 0.421 e. The van der Waals surface area contributed by atoms with Crippen molar-refractivity contribution >= 4 is 79.0 Å². The molecule has 0 radical (unpaired) electrons. The standard InChI is InChI=1S/C24H13Br2Cl2NO4/c1-12-3-2-4-13(7-12)23(30)32-21-14(8-15(25)10-18(21)26)9-20-24(31)33-22(29-20)17-6-5-16(27)11-19(17)28/h2-11H,1H3/b20-9-. The van der Waals surface area contributed by atoms with Gasteiger partial charge in [-0.25, -0.2) is 14.6 Å². The molecule has 0 amide bonds. The maximum Gasteiger partial charge on any atom is 0.363 e. The van der Waals surface area contributed by atoms with Gasteiger partial charge in [-0.1, -0.05) is 56.8 Å². The molecule has 166 valence electrons. The van der Waals surface area contributed by atoms with Gasteiger partial charge >= 0.3 is 11.9 Å². The first-order chi connectivity index (χ1) is 15.7. The molecule has 0 aliphatic carbocycles. The summed E-state index contributed by atoms with van der Waals surface area (Å²) in [6.45, 7) is 1.89. The smallest absolute Gasteiger partial charge is 0.363 e. The van der Waals surface area contributed by atoms with Gasteiger partial charge in [-0.2, -0.15) is 0 Å². The van der Waals surface area contributed by atoms with E-state index in [1.54, 1.807) is 42.5 Å². The van der Waals surface area contributed by atoms with E-state index in [1.165, 1.54) is 12.1 Å². The molecule has 3 aromatic rings. The highest BCUT2D eigenvalue weighted by molar-refractivity contribution is 9.11. The minimum atomic E-state index is -0.664. The number of hydrogen-bond acceptors (Lipinski definition) is 5. The Hall–Kier alpha value is -2.45. The van der Waals surface area contributed by atoms with Crippen LogP contribution in [0.1, 0.15) is 27.0 Å². The summed E-state index contributed by atoms with van der Waals surface area (Å²) >= 11 is 19.0. The Morgan fingerprint density at radius 1 is 1.09 bits per heavy atom. The van der Waals surface area contributed by atoms with Crippen LogP contribution in [0.5, 0.6) is 5.75 Å². The second-order valence-corrected chi connectivity index (χ2v) is 9.64. The summed E-state index contributed by atoms with van der Waals surface area (Å²) in [5, 5.41) is 0.747. The highest BCUT2D eigenvalue weighted by Crippen LogP contribution is 2.36. The van der Waals surface area contributed by atoms with Crippen LogP contribution < -0.4 is 4.74 Å². The van der Waals surface area contributed by atoms with Crippen molar-refractivity contribution in [3.05, 3.63) is 102 Å². The fourth-order valence-electron chi connectivity index (χ4n) is 3.05. The topological polar surface area (TPSA) is 65.0 Å². The van der Waals surface area contributed by atoms with E-state index in [2.05, 4.69) is 36.9 Å². The maximum absolute atomic E-state index is 12.7. The van der Waals surface area contributed by atoms with E-state index in [-0.39, 0.29) is 17.3 Å². The molecule has 33 heavy (non-hydrogen) atoms. The van der Waals surface area contributed by atoms with Crippen molar-refractivity contribution in [2.45, 2.75) is 6.92 Å². The fourth-order valence-corrected chi connectivity index (χ4v) is 4.88. The molecule has 4 rings (SSSR count). The number of benzene rings is 3. The molecule has 0 aromatic heterocycles. The lowest BCUT2D eigenvalue weighted by Crippen LogP contribution is -2.10. The van der Waals surface area contributed by atoms with Gasteiger partial charge in [0.25, 0.3) is 0 Å². The second-order valence-electron chi connectivity index (χ2n) is 7.03. The summed E-state index contributed by atoms with van der Waals surface area (Å²) in [4.78, 5) is 29.5. The molecule has 0 bridgehead atoms. The molecule has 0 atom stereocenters. The molecule has 1 heterocycles. The van der Waals surface area contributed by atoms with Crippen LogP contribution in [-0.2, 0) is 9.53 Å². The normalized spacial score (nSPS) is 14.3. The Balaban J connectivity index is 1.72. The van der Waals surface area contributed by atoms with Crippen molar-refractivity contribution < 1.29 is 19.1 Å². The van der Waals surface area contributed by atoms with Gasteiger partial charge in [0.15, 0.2) is 11.4 Å². The molecule has 5 nitrogen and oxygen atoms in total. The number of nitrogens with zero attached hydrogens (tertiary/aromatic N) is 1. The Labute approximate surface area is 216 Å². The van der Waals surface area contributed by atoms with Crippen molar-refractivity contribution in [3.8, 4) is 5.75 Å². The van der Waals surface area contributed by atoms with Crippen molar-refractivity contribution in [1.29, 1.82) is 0 Å². The third-order valence-electron chi connectivity index (χ3n) is 4.56. The molecular weight excluding hydrogens is 597 g/mol. The number of carbonyl (C=O) groups excluding carboxylic acids is 2. The Kier molecular flexibility index (Phi) is 7.05. The van der Waals surface area contributed by atoms with Crippen molar-refractivity contribution in [3.63, 3.8) is 0 Å². The minimum absolute atomic E-state index is 0.0221. The summed E-state index contributed by atoms with van der Waals surface area (Å²) in [5.41, 5.74) is 2.23. The molecule has 0 fully saturated rings. The molecule has 9 heteroatoms. The monoisotopic (exact) mass is 607 g/mol. The molecule has 0 saturated carbocycles. The summed E-state index contributed by atoms with van der Waals surface area (Å²) in [6, 6.07) is 15.3. The predicted molar refractivity (Wildman–Crippen MR) is 135 cm³/mol. The van der Waals surface area contributed by atoms with Crippen LogP contribution in [0.3, 0.4) is 0 Å². The van der Waals surface area contributed by atoms with Crippen LogP contribution in [0.25, 0.3) is 6.08 Å². The summed E-state index contributed by atoms with van der Waals surface area (Å²) in [6.07, 6.45) is 1.48. The zero-order valence-electron chi connectivity index (χ0n) is 16.9. The zero-order chi connectivity index (χ0) is 23.7. The molecule has 3 aromatic carbocycles. The molecule has 1 aliphatic rings. The van der Waals surface area contributed by atoms with E-state index in [9.17, 15) is 9.59 Å². The van der Waals surface area contributed by atoms with Gasteiger partial charge in [0.1, 0.15) is 0 Å². The van der Waals surface area contributed by atoms with E-state index in [0.29, 0.717) is 35.7 Å². The second kappa shape index (κ2) is 9.81. The first-order valence-electron chi connectivity index (χ1n) is 9.47. The number of cyclic esters (lactones) is 1. The number of rotatable bonds is 4. The first kappa shape index (κ1) is 23.7. The third-order valence-corrected chi connectivity index (χ3v) is 6.15. The van der Waals surface area contributed by atoms with Gasteiger partial charge in [-0.15, -0.1) is 0 Å². The van der Waals surface area contributed by atoms with Gasteiger partial charge in [0.2, 0.25) is 5.90 Å². The number of aryl methyl sites for hydroxylation is 1. The van der Waals surface area contributed by atoms with E-state index in [1.807, 2.05) is 13.0 Å². The van der Waals surface area contributed by atoms with Gasteiger partial charge in [-0.3, -0.25) is 0 Å². The van der Waals surface area contributed by atoms with Crippen molar-refractivity contribution in [2.75, 3.05) is 0 Å². The van der Waals surface area contributed by atoms with E-state index < -0.39 is 11.9 Å². The van der Waals surface area contributed by atoms with Crippen LogP contribution in [0.15, 0.2) is 74.2 Å². The number of esters is 2. The van der Waals surface area contributed by atoms with Crippen molar-refractivity contribution in [1.82, 2.24) is 0 Å². The molecule has 0 spiro atoms. The average Bonchev–Trinajstić information content (AvgIpc) is 3.10. The van der Waals surface area contributed by atoms with Gasteiger partial charge < -0.3 is 9.47 Å². The quantitative estimate of drug-likeness (QED) is 0.176. The molecular formula is C24H13Br2Cl2NO4. The van der Waals surface area contributed by atoms with Gasteiger partial charge in [-0.05, 0) is 71.4 Å². The van der Waals surface area contributed by atoms with Gasteiger partial charge in [0, 0.05) is 15.1 Å². The van der Waals surface area contributed by atoms with E-state index in [0.717, 1.165) is 5.56 Å². The van der Waals surface area contributed by atoms with Crippen LogP contribution >= 0.6 is 55.1 Å². The predicted octanol–water partition coefficient (Wildman–Crippen LogP) is 7.39. The number of ether oxygens (including phenoxy) is 2. The molecule has 0 N–H and O–H groups in total. The first-order valence-corrected chi connectivity index (χ1v) is 11.8. The lowest BCUT2D eigenvalue weighted by molar-refractivity contribution is -0.129. The minimum Gasteiger partial charge on any atom is -0.421 e. The number of halogens is 4. The highest BCUT2D eigenvalue weighted by Gasteiger charge is 2.27. The average molecular weight is 610 g/mol. The maximum atomic E-state index is 12.7. The summed E-state index contributed by atoms with van der Waals surface area (Å²) < 4.78 is 12.2. The molecule has 1 aliphatic heterocycles. The van der Waals surface area contributed by atoms with Crippen LogP contribution in [0.4, 0.5) is 0 Å². The highest BCUT2D eigenvalue weighted by atomic mass is 79.9. The zero-order valence-corrected chi connectivity index (χ0v) is 21.5.